The molecule has 1 unspecified atom stereocenters. The van der Waals surface area contributed by atoms with E-state index in [1.54, 1.807) is 0 Å². The summed E-state index contributed by atoms with van der Waals surface area (Å²) in [4.78, 5) is 14.1. The molecule has 0 spiro atoms. The molecule has 1 rings (SSSR count). The van der Waals surface area contributed by atoms with Gasteiger partial charge in [-0.3, -0.25) is 0 Å². The van der Waals surface area contributed by atoms with Crippen molar-refractivity contribution < 1.29 is 14.6 Å². The zero-order valence-electron chi connectivity index (χ0n) is 12.4. The van der Waals surface area contributed by atoms with Gasteiger partial charge in [0.2, 0.25) is 0 Å². The Hall–Kier alpha value is -0.810. The second kappa shape index (κ2) is 7.70. The van der Waals surface area contributed by atoms with Gasteiger partial charge in [0.1, 0.15) is 5.60 Å². The highest BCUT2D eigenvalue weighted by Crippen LogP contribution is 2.19. The number of hydrogen-bond donors (Lipinski definition) is 2. The van der Waals surface area contributed by atoms with Gasteiger partial charge in [-0.1, -0.05) is 12.8 Å². The molecular weight excluding hydrogens is 244 g/mol. The monoisotopic (exact) mass is 272 g/mol. The van der Waals surface area contributed by atoms with Crippen molar-refractivity contribution in [1.29, 1.82) is 0 Å². The highest BCUT2D eigenvalue weighted by molar-refractivity contribution is 5.68. The summed E-state index contributed by atoms with van der Waals surface area (Å²) in [7, 11) is 0. The third-order valence-corrected chi connectivity index (χ3v) is 3.17. The zero-order valence-corrected chi connectivity index (χ0v) is 12.4. The van der Waals surface area contributed by atoms with Gasteiger partial charge in [0.15, 0.2) is 0 Å². The quantitative estimate of drug-likeness (QED) is 0.765. The third-order valence-electron chi connectivity index (χ3n) is 3.17. The highest BCUT2D eigenvalue weighted by atomic mass is 16.6. The van der Waals surface area contributed by atoms with Gasteiger partial charge in [0.05, 0.1) is 6.61 Å². The van der Waals surface area contributed by atoms with Gasteiger partial charge in [-0.25, -0.2) is 4.79 Å². The molecule has 1 aliphatic heterocycles. The molecule has 1 aliphatic rings. The molecule has 1 amide bonds. The number of aliphatic hydroxyl groups excluding tert-OH is 1. The summed E-state index contributed by atoms with van der Waals surface area (Å²) in [5.41, 5.74) is -0.452. The molecular formula is C14H28N2O3. The predicted octanol–water partition coefficient (Wildman–Crippen LogP) is 1.75. The molecule has 1 atom stereocenters. The SMILES string of the molecule is CC(C)(C)OC(=O)N1CCCCCC1CNCCO. The van der Waals surface area contributed by atoms with Crippen LogP contribution in [0.3, 0.4) is 0 Å². The average Bonchev–Trinajstić information content (AvgIpc) is 2.52. The summed E-state index contributed by atoms with van der Waals surface area (Å²) < 4.78 is 5.48. The van der Waals surface area contributed by atoms with Crippen molar-refractivity contribution in [3.05, 3.63) is 0 Å². The van der Waals surface area contributed by atoms with Gasteiger partial charge in [0, 0.05) is 25.7 Å². The number of amides is 1. The molecule has 0 aromatic heterocycles. The Bertz CT molecular complexity index is 276. The highest BCUT2D eigenvalue weighted by Gasteiger charge is 2.28. The number of nitrogens with zero attached hydrogens (tertiary/aromatic N) is 1. The van der Waals surface area contributed by atoms with Crippen LogP contribution < -0.4 is 5.32 Å². The van der Waals surface area contributed by atoms with Crippen molar-refractivity contribution in [1.82, 2.24) is 10.2 Å². The fourth-order valence-corrected chi connectivity index (χ4v) is 2.30. The summed E-state index contributed by atoms with van der Waals surface area (Å²) in [6, 6.07) is 0.170. The van der Waals surface area contributed by atoms with Crippen LogP contribution in [0.5, 0.6) is 0 Å². The minimum absolute atomic E-state index is 0.124. The van der Waals surface area contributed by atoms with Gasteiger partial charge in [-0.15, -0.1) is 0 Å². The van der Waals surface area contributed by atoms with E-state index in [-0.39, 0.29) is 18.7 Å². The first-order valence-electron chi connectivity index (χ1n) is 7.25. The molecule has 1 heterocycles. The van der Waals surface area contributed by atoms with Crippen LogP contribution in [0.1, 0.15) is 46.5 Å². The Morgan fingerprint density at radius 3 is 2.74 bits per heavy atom. The maximum Gasteiger partial charge on any atom is 0.410 e. The Morgan fingerprint density at radius 2 is 2.11 bits per heavy atom. The number of ether oxygens (including phenoxy) is 1. The second-order valence-electron chi connectivity index (χ2n) is 6.10. The number of carbonyl (C=O) groups is 1. The van der Waals surface area contributed by atoms with Gasteiger partial charge >= 0.3 is 6.09 Å². The first kappa shape index (κ1) is 16.2. The molecule has 0 aromatic carbocycles. The van der Waals surface area contributed by atoms with Crippen molar-refractivity contribution in [3.63, 3.8) is 0 Å². The van der Waals surface area contributed by atoms with Gasteiger partial charge in [-0.05, 0) is 33.6 Å². The third kappa shape index (κ3) is 6.25. The number of rotatable bonds is 4. The fourth-order valence-electron chi connectivity index (χ4n) is 2.30. The smallest absolute Gasteiger partial charge is 0.410 e. The van der Waals surface area contributed by atoms with Crippen LogP contribution in [0.15, 0.2) is 0 Å². The maximum atomic E-state index is 12.2. The van der Waals surface area contributed by atoms with E-state index in [2.05, 4.69) is 5.32 Å². The molecule has 0 aliphatic carbocycles. The molecule has 0 bridgehead atoms. The average molecular weight is 272 g/mol. The molecule has 19 heavy (non-hydrogen) atoms. The van der Waals surface area contributed by atoms with E-state index in [4.69, 9.17) is 9.84 Å². The van der Waals surface area contributed by atoms with Crippen LogP contribution in [0.25, 0.3) is 0 Å². The van der Waals surface area contributed by atoms with Crippen molar-refractivity contribution in [2.45, 2.75) is 58.1 Å². The molecule has 5 nitrogen and oxygen atoms in total. The topological polar surface area (TPSA) is 61.8 Å². The molecule has 0 aromatic rings. The number of likely N-dealkylation sites (tertiary alicyclic amines) is 1. The van der Waals surface area contributed by atoms with Crippen LogP contribution in [-0.2, 0) is 4.74 Å². The summed E-state index contributed by atoms with van der Waals surface area (Å²) in [5, 5.41) is 12.0. The van der Waals surface area contributed by atoms with Crippen molar-refractivity contribution >= 4 is 6.09 Å². The molecule has 5 heteroatoms. The van der Waals surface area contributed by atoms with Gasteiger partial charge in [-0.2, -0.15) is 0 Å². The van der Waals surface area contributed by atoms with Crippen molar-refractivity contribution in [2.75, 3.05) is 26.2 Å². The lowest BCUT2D eigenvalue weighted by molar-refractivity contribution is 0.0166. The minimum Gasteiger partial charge on any atom is -0.444 e. The van der Waals surface area contributed by atoms with Gasteiger partial charge in [0.25, 0.3) is 0 Å². The van der Waals surface area contributed by atoms with E-state index < -0.39 is 5.60 Å². The molecule has 112 valence electrons. The largest absolute Gasteiger partial charge is 0.444 e. The second-order valence-corrected chi connectivity index (χ2v) is 6.10. The lowest BCUT2D eigenvalue weighted by atomic mass is 10.1. The van der Waals surface area contributed by atoms with E-state index in [1.807, 2.05) is 25.7 Å². The zero-order chi connectivity index (χ0) is 14.3. The van der Waals surface area contributed by atoms with Gasteiger partial charge < -0.3 is 20.1 Å². The molecule has 0 saturated carbocycles. The van der Waals surface area contributed by atoms with Crippen LogP contribution in [0.4, 0.5) is 4.79 Å². The Morgan fingerprint density at radius 1 is 1.37 bits per heavy atom. The van der Waals surface area contributed by atoms with Crippen LogP contribution in [-0.4, -0.2) is 54.0 Å². The number of aliphatic hydroxyl groups is 1. The van der Waals surface area contributed by atoms with Crippen molar-refractivity contribution in [2.24, 2.45) is 0 Å². The summed E-state index contributed by atoms with van der Waals surface area (Å²) in [5.74, 6) is 0. The Balaban J connectivity index is 2.59. The van der Waals surface area contributed by atoms with Crippen LogP contribution in [0, 0.1) is 0 Å². The van der Waals surface area contributed by atoms with E-state index in [9.17, 15) is 4.79 Å². The van der Waals surface area contributed by atoms with Crippen molar-refractivity contribution in [3.8, 4) is 0 Å². The van der Waals surface area contributed by atoms with E-state index in [0.29, 0.717) is 6.54 Å². The van der Waals surface area contributed by atoms with Crippen LogP contribution in [0.2, 0.25) is 0 Å². The lowest BCUT2D eigenvalue weighted by Gasteiger charge is -2.32. The Labute approximate surface area is 116 Å². The molecule has 1 fully saturated rings. The lowest BCUT2D eigenvalue weighted by Crippen LogP contribution is -2.47. The summed E-state index contributed by atoms with van der Waals surface area (Å²) in [6.45, 7) is 7.85. The standard InChI is InChI=1S/C14H28N2O3/c1-14(2,3)19-13(18)16-9-6-4-5-7-12(16)11-15-8-10-17/h12,15,17H,4-11H2,1-3H3. The Kier molecular flexibility index (Phi) is 6.58. The summed E-state index contributed by atoms with van der Waals surface area (Å²) >= 11 is 0. The first-order valence-corrected chi connectivity index (χ1v) is 7.25. The predicted molar refractivity (Wildman–Crippen MR) is 75.2 cm³/mol. The molecule has 2 N–H and O–H groups in total. The van der Waals surface area contributed by atoms with Crippen LogP contribution >= 0.6 is 0 Å². The maximum absolute atomic E-state index is 12.2. The van der Waals surface area contributed by atoms with E-state index in [1.165, 1.54) is 0 Å². The fraction of sp³-hybridized carbons (Fsp3) is 0.929. The molecule has 0 radical (unpaired) electrons. The number of hydrogen-bond acceptors (Lipinski definition) is 4. The minimum atomic E-state index is -0.452. The normalized spacial score (nSPS) is 21.1. The number of carbonyl (C=O) groups excluding carboxylic acids is 1. The number of nitrogens with one attached hydrogen (secondary N) is 1. The van der Waals surface area contributed by atoms with E-state index in [0.717, 1.165) is 38.8 Å². The first-order chi connectivity index (χ1) is 8.94. The van der Waals surface area contributed by atoms with E-state index >= 15 is 0 Å². The molecule has 1 saturated heterocycles. The summed E-state index contributed by atoms with van der Waals surface area (Å²) in [6.07, 6.45) is 4.12.